The van der Waals surface area contributed by atoms with Crippen molar-refractivity contribution in [2.24, 2.45) is 0 Å². The van der Waals surface area contributed by atoms with E-state index in [1.54, 1.807) is 0 Å². The van der Waals surface area contributed by atoms with Crippen LogP contribution in [-0.4, -0.2) is 9.97 Å². The summed E-state index contributed by atoms with van der Waals surface area (Å²) in [5, 5.41) is 17.6. The van der Waals surface area contributed by atoms with Crippen LogP contribution < -0.4 is 0 Å². The lowest BCUT2D eigenvalue weighted by molar-refractivity contribution is 0.671. The monoisotopic (exact) mass is 748 g/mol. The summed E-state index contributed by atoms with van der Waals surface area (Å²) in [5.74, 6) is 0. The van der Waals surface area contributed by atoms with Gasteiger partial charge in [0.05, 0.1) is 11.2 Å². The molecule has 0 aliphatic heterocycles. The molecule has 0 atom stereocenters. The Bertz CT molecular complexity index is 3840. The third-order valence-corrected chi connectivity index (χ3v) is 12.4. The summed E-state index contributed by atoms with van der Waals surface area (Å²) in [6, 6.07) is 65.9. The number of nitrogens with zero attached hydrogens (tertiary/aromatic N) is 2. The van der Waals surface area contributed by atoms with E-state index in [1.807, 2.05) is 18.5 Å². The minimum atomic E-state index is 0.898. The Balaban J connectivity index is 1.19. The van der Waals surface area contributed by atoms with Gasteiger partial charge in [-0.15, -0.1) is 0 Å². The largest absolute Gasteiger partial charge is 0.455 e. The van der Waals surface area contributed by atoms with Crippen LogP contribution in [0.2, 0.25) is 0 Å². The van der Waals surface area contributed by atoms with Crippen molar-refractivity contribution in [1.29, 1.82) is 0 Å². The van der Waals surface area contributed by atoms with Gasteiger partial charge in [-0.05, 0) is 107 Å². The molecule has 0 amide bonds. The molecule has 59 heavy (non-hydrogen) atoms. The molecule has 0 aliphatic rings. The summed E-state index contributed by atoms with van der Waals surface area (Å²) < 4.78 is 7.05. The first-order chi connectivity index (χ1) is 29.3. The molecule has 3 heteroatoms. The second kappa shape index (κ2) is 12.3. The summed E-state index contributed by atoms with van der Waals surface area (Å²) in [5.41, 5.74) is 9.35. The highest BCUT2D eigenvalue weighted by molar-refractivity contribution is 6.32. The lowest BCUT2D eigenvalue weighted by Gasteiger charge is -2.21. The molecule has 0 fully saturated rings. The maximum absolute atomic E-state index is 7.05. The van der Waals surface area contributed by atoms with E-state index in [9.17, 15) is 0 Å². The molecule has 3 nitrogen and oxygen atoms in total. The van der Waals surface area contributed by atoms with E-state index in [1.165, 1.54) is 75.9 Å². The Hall–Kier alpha value is -7.88. The molecule has 0 aliphatic carbocycles. The second-order valence-corrected chi connectivity index (χ2v) is 15.6. The number of para-hydroxylation sites is 1. The fourth-order valence-electron chi connectivity index (χ4n) is 9.95. The van der Waals surface area contributed by atoms with Crippen LogP contribution in [0, 0.1) is 0 Å². The van der Waals surface area contributed by atoms with Crippen molar-refractivity contribution >= 4 is 97.5 Å². The van der Waals surface area contributed by atoms with Crippen molar-refractivity contribution < 1.29 is 4.42 Å². The zero-order chi connectivity index (χ0) is 38.6. The average molecular weight is 749 g/mol. The molecule has 13 aromatic rings. The van der Waals surface area contributed by atoms with Gasteiger partial charge in [-0.3, -0.25) is 4.98 Å². The molecule has 0 radical (unpaired) electrons. The van der Waals surface area contributed by atoms with Crippen LogP contribution in [0.15, 0.2) is 199 Å². The first kappa shape index (κ1) is 32.2. The number of aromatic nitrogens is 2. The number of fused-ring (bicyclic) bond motifs is 13. The Kier molecular flexibility index (Phi) is 6.72. The van der Waals surface area contributed by atoms with Crippen LogP contribution in [0.3, 0.4) is 0 Å². The van der Waals surface area contributed by atoms with Crippen molar-refractivity contribution in [3.8, 4) is 33.5 Å². The van der Waals surface area contributed by atoms with Crippen LogP contribution in [0.5, 0.6) is 0 Å². The van der Waals surface area contributed by atoms with Gasteiger partial charge in [0.25, 0.3) is 0 Å². The number of pyridine rings is 2. The maximum atomic E-state index is 7.05. The first-order valence-electron chi connectivity index (χ1n) is 20.1. The molecular weight excluding hydrogens is 717 g/mol. The fraction of sp³-hybridized carbons (Fsp3) is 0. The summed E-state index contributed by atoms with van der Waals surface area (Å²) in [4.78, 5) is 9.86. The highest BCUT2D eigenvalue weighted by Crippen LogP contribution is 2.51. The van der Waals surface area contributed by atoms with Gasteiger partial charge in [0.2, 0.25) is 0 Å². The standard InChI is InChI=1S/C56H32N2O/c1-2-15-34-30-50-46(28-33(34)14-1)54-37-18-4-3-16-35(37)29-48(56(54)59-50)52-42-23-9-7-21-40(42)51(41-22-8-10-24-43(41)52)45-31-47-53(39-20-6-5-19-38(39)45)44-25-11-12-26-49(44)58-55(47)36-17-13-27-57-32-36/h1-32H. The molecule has 272 valence electrons. The Morgan fingerprint density at radius 3 is 1.64 bits per heavy atom. The summed E-state index contributed by atoms with van der Waals surface area (Å²) in [6.45, 7) is 0. The topological polar surface area (TPSA) is 38.9 Å². The lowest BCUT2D eigenvalue weighted by atomic mass is 9.82. The van der Waals surface area contributed by atoms with E-state index in [4.69, 9.17) is 9.40 Å². The normalized spacial score (nSPS) is 12.1. The van der Waals surface area contributed by atoms with Crippen molar-refractivity contribution in [3.05, 3.63) is 194 Å². The Morgan fingerprint density at radius 1 is 0.373 bits per heavy atom. The van der Waals surface area contributed by atoms with Gasteiger partial charge in [-0.1, -0.05) is 140 Å². The van der Waals surface area contributed by atoms with Gasteiger partial charge >= 0.3 is 0 Å². The zero-order valence-corrected chi connectivity index (χ0v) is 31.8. The fourth-order valence-corrected chi connectivity index (χ4v) is 9.95. The van der Waals surface area contributed by atoms with Crippen molar-refractivity contribution in [2.75, 3.05) is 0 Å². The SMILES string of the molecule is c1cncc(-c2nc3ccccc3c3c2cc(-c2c4ccccc4c(-c4cc5ccccc5c5c4oc4cc6ccccc6cc45)c4ccccc24)c2ccccc23)c1. The van der Waals surface area contributed by atoms with Crippen LogP contribution in [-0.2, 0) is 0 Å². The van der Waals surface area contributed by atoms with E-state index >= 15 is 0 Å². The van der Waals surface area contributed by atoms with Crippen LogP contribution in [0.4, 0.5) is 0 Å². The average Bonchev–Trinajstić information content (AvgIpc) is 3.68. The predicted molar refractivity (Wildman–Crippen MR) is 248 cm³/mol. The number of benzene rings is 10. The highest BCUT2D eigenvalue weighted by Gasteiger charge is 2.24. The number of hydrogen-bond acceptors (Lipinski definition) is 3. The smallest absolute Gasteiger partial charge is 0.143 e. The molecule has 3 heterocycles. The van der Waals surface area contributed by atoms with Crippen molar-refractivity contribution in [3.63, 3.8) is 0 Å². The molecule has 0 unspecified atom stereocenters. The van der Waals surface area contributed by atoms with E-state index in [0.29, 0.717) is 0 Å². The molecule has 3 aromatic heterocycles. The molecule has 10 aromatic carbocycles. The molecule has 0 N–H and O–H groups in total. The molecule has 0 bridgehead atoms. The van der Waals surface area contributed by atoms with Gasteiger partial charge in [0.15, 0.2) is 0 Å². The third kappa shape index (κ3) is 4.64. The first-order valence-corrected chi connectivity index (χ1v) is 20.1. The molecule has 13 rings (SSSR count). The number of rotatable bonds is 3. The van der Waals surface area contributed by atoms with E-state index in [-0.39, 0.29) is 0 Å². The minimum Gasteiger partial charge on any atom is -0.455 e. The van der Waals surface area contributed by atoms with Gasteiger partial charge in [-0.2, -0.15) is 0 Å². The Labute approximate surface area is 338 Å². The van der Waals surface area contributed by atoms with Gasteiger partial charge in [0, 0.05) is 56.0 Å². The predicted octanol–water partition coefficient (Wildman–Crippen LogP) is 15.4. The van der Waals surface area contributed by atoms with Crippen LogP contribution >= 0.6 is 0 Å². The highest BCUT2D eigenvalue weighted by atomic mass is 16.3. The zero-order valence-electron chi connectivity index (χ0n) is 31.8. The van der Waals surface area contributed by atoms with Crippen LogP contribution in [0.25, 0.3) is 131 Å². The maximum Gasteiger partial charge on any atom is 0.143 e. The minimum absolute atomic E-state index is 0.898. The van der Waals surface area contributed by atoms with E-state index in [0.717, 1.165) is 55.0 Å². The summed E-state index contributed by atoms with van der Waals surface area (Å²) in [7, 11) is 0. The van der Waals surface area contributed by atoms with Gasteiger partial charge in [0.1, 0.15) is 11.2 Å². The van der Waals surface area contributed by atoms with E-state index < -0.39 is 0 Å². The van der Waals surface area contributed by atoms with Crippen molar-refractivity contribution in [2.45, 2.75) is 0 Å². The van der Waals surface area contributed by atoms with Crippen molar-refractivity contribution in [1.82, 2.24) is 9.97 Å². The van der Waals surface area contributed by atoms with Crippen LogP contribution in [0.1, 0.15) is 0 Å². The Morgan fingerprint density at radius 2 is 0.949 bits per heavy atom. The summed E-state index contributed by atoms with van der Waals surface area (Å²) >= 11 is 0. The van der Waals surface area contributed by atoms with Gasteiger partial charge in [-0.25, -0.2) is 4.98 Å². The quantitative estimate of drug-likeness (QED) is 0.133. The molecule has 0 saturated heterocycles. The summed E-state index contributed by atoms with van der Waals surface area (Å²) in [6.07, 6.45) is 3.75. The number of furan rings is 1. The molecule has 0 spiro atoms. The third-order valence-electron chi connectivity index (χ3n) is 12.4. The molecular formula is C56H32N2O. The van der Waals surface area contributed by atoms with E-state index in [2.05, 4.69) is 181 Å². The number of hydrogen-bond donors (Lipinski definition) is 0. The van der Waals surface area contributed by atoms with Gasteiger partial charge < -0.3 is 4.42 Å². The second-order valence-electron chi connectivity index (χ2n) is 15.6. The molecule has 0 saturated carbocycles. The lowest BCUT2D eigenvalue weighted by Crippen LogP contribution is -1.95.